The van der Waals surface area contributed by atoms with Crippen LogP contribution in [0.25, 0.3) is 0 Å². The second-order valence-electron chi connectivity index (χ2n) is 3.91. The van der Waals surface area contributed by atoms with E-state index >= 15 is 0 Å². The number of rotatable bonds is 9. The van der Waals surface area contributed by atoms with Gasteiger partial charge < -0.3 is 14.8 Å². The zero-order chi connectivity index (χ0) is 15.4. The summed E-state index contributed by atoms with van der Waals surface area (Å²) in [6.07, 6.45) is 0. The first-order valence-corrected chi connectivity index (χ1v) is 6.48. The normalized spacial score (nSPS) is 10.2. The summed E-state index contributed by atoms with van der Waals surface area (Å²) in [5.74, 6) is -0.877. The fourth-order valence-corrected chi connectivity index (χ4v) is 1.35. The Labute approximate surface area is 118 Å². The van der Waals surface area contributed by atoms with Crippen LogP contribution in [0.2, 0.25) is 0 Å². The molecule has 0 rings (SSSR count). The van der Waals surface area contributed by atoms with Crippen molar-refractivity contribution in [1.82, 2.24) is 15.5 Å². The highest BCUT2D eigenvalue weighted by Crippen LogP contribution is 1.90. The summed E-state index contributed by atoms with van der Waals surface area (Å²) in [6, 6.07) is -0.584. The van der Waals surface area contributed by atoms with Crippen molar-refractivity contribution in [2.24, 2.45) is 0 Å². The van der Waals surface area contributed by atoms with Crippen LogP contribution in [0.3, 0.4) is 0 Å². The van der Waals surface area contributed by atoms with E-state index in [1.807, 2.05) is 6.92 Å². The largest absolute Gasteiger partial charge is 0.465 e. The molecule has 0 saturated carbocycles. The summed E-state index contributed by atoms with van der Waals surface area (Å²) in [6.45, 7) is 4.97. The highest BCUT2D eigenvalue weighted by Gasteiger charge is 2.15. The number of urea groups is 1. The van der Waals surface area contributed by atoms with E-state index in [1.165, 1.54) is 7.11 Å². The van der Waals surface area contributed by atoms with Gasteiger partial charge in [-0.25, -0.2) is 4.79 Å². The number of amides is 3. The number of imide groups is 1. The maximum Gasteiger partial charge on any atom is 0.321 e. The molecule has 0 bridgehead atoms. The molecule has 0 atom stereocenters. The molecular formula is C12H23N3O5. The van der Waals surface area contributed by atoms with Crippen molar-refractivity contribution in [3.8, 4) is 0 Å². The zero-order valence-electron chi connectivity index (χ0n) is 12.2. The lowest BCUT2D eigenvalue weighted by atomic mass is 10.4. The first-order chi connectivity index (χ1) is 9.53. The fourth-order valence-electron chi connectivity index (χ4n) is 1.35. The highest BCUT2D eigenvalue weighted by molar-refractivity contribution is 5.95. The molecule has 0 aliphatic heterocycles. The number of hydrogen-bond donors (Lipinski definition) is 2. The summed E-state index contributed by atoms with van der Waals surface area (Å²) in [7, 11) is 1.51. The number of nitrogens with one attached hydrogen (secondary N) is 2. The molecule has 0 unspecified atom stereocenters. The number of carbonyl (C=O) groups is 3. The highest BCUT2D eigenvalue weighted by atomic mass is 16.5. The van der Waals surface area contributed by atoms with Gasteiger partial charge in [-0.1, -0.05) is 6.92 Å². The van der Waals surface area contributed by atoms with Crippen molar-refractivity contribution in [2.45, 2.75) is 13.8 Å². The molecule has 0 aromatic carbocycles. The van der Waals surface area contributed by atoms with E-state index in [4.69, 9.17) is 9.47 Å². The van der Waals surface area contributed by atoms with E-state index in [-0.39, 0.29) is 13.1 Å². The number of nitrogens with zero attached hydrogens (tertiary/aromatic N) is 1. The van der Waals surface area contributed by atoms with E-state index in [1.54, 1.807) is 11.8 Å². The van der Waals surface area contributed by atoms with E-state index < -0.39 is 17.9 Å². The van der Waals surface area contributed by atoms with Crippen LogP contribution in [0, 0.1) is 0 Å². The minimum Gasteiger partial charge on any atom is -0.465 e. The Morgan fingerprint density at radius 3 is 2.40 bits per heavy atom. The van der Waals surface area contributed by atoms with Crippen molar-refractivity contribution >= 4 is 17.9 Å². The van der Waals surface area contributed by atoms with Gasteiger partial charge >= 0.3 is 12.0 Å². The summed E-state index contributed by atoms with van der Waals surface area (Å²) in [5, 5.41) is 4.63. The molecule has 0 aromatic heterocycles. The SMILES string of the molecule is CCOC(=O)CN(CC)CC(=O)NC(=O)NCCOC. The van der Waals surface area contributed by atoms with Crippen LogP contribution in [0.15, 0.2) is 0 Å². The van der Waals surface area contributed by atoms with Gasteiger partial charge in [0, 0.05) is 13.7 Å². The van der Waals surface area contributed by atoms with E-state index in [0.29, 0.717) is 26.3 Å². The van der Waals surface area contributed by atoms with Gasteiger partial charge in [0.05, 0.1) is 26.3 Å². The van der Waals surface area contributed by atoms with Crippen molar-refractivity contribution in [3.63, 3.8) is 0 Å². The smallest absolute Gasteiger partial charge is 0.321 e. The summed E-state index contributed by atoms with van der Waals surface area (Å²) < 4.78 is 9.56. The van der Waals surface area contributed by atoms with Crippen LogP contribution in [-0.2, 0) is 19.1 Å². The molecule has 8 nitrogen and oxygen atoms in total. The standard InChI is InChI=1S/C12H23N3O5/c1-4-15(9-11(17)20-5-2)8-10(16)14-12(18)13-6-7-19-3/h4-9H2,1-3H3,(H2,13,14,16,18). The van der Waals surface area contributed by atoms with Crippen molar-refractivity contribution in [2.75, 3.05) is 46.5 Å². The second kappa shape index (κ2) is 11.2. The molecule has 0 spiro atoms. The molecule has 0 fully saturated rings. The minimum absolute atomic E-state index is 0.0169. The molecule has 8 heteroatoms. The molecule has 2 N–H and O–H groups in total. The summed E-state index contributed by atoms with van der Waals surface area (Å²) >= 11 is 0. The van der Waals surface area contributed by atoms with Crippen LogP contribution in [0.5, 0.6) is 0 Å². The van der Waals surface area contributed by atoms with E-state index in [2.05, 4.69) is 10.6 Å². The van der Waals surface area contributed by atoms with Gasteiger partial charge in [0.15, 0.2) is 0 Å². The Morgan fingerprint density at radius 1 is 1.15 bits per heavy atom. The molecule has 20 heavy (non-hydrogen) atoms. The zero-order valence-corrected chi connectivity index (χ0v) is 12.2. The minimum atomic E-state index is -0.584. The average Bonchev–Trinajstić information content (AvgIpc) is 2.38. The van der Waals surface area contributed by atoms with Gasteiger partial charge in [0.2, 0.25) is 5.91 Å². The second-order valence-corrected chi connectivity index (χ2v) is 3.91. The fraction of sp³-hybridized carbons (Fsp3) is 0.750. The molecule has 0 saturated heterocycles. The van der Waals surface area contributed by atoms with Gasteiger partial charge in [0.25, 0.3) is 0 Å². The summed E-state index contributed by atoms with van der Waals surface area (Å²) in [4.78, 5) is 35.8. The molecule has 3 amide bonds. The van der Waals surface area contributed by atoms with Crippen molar-refractivity contribution in [3.05, 3.63) is 0 Å². The molecule has 0 heterocycles. The van der Waals surface area contributed by atoms with Gasteiger partial charge in [-0.15, -0.1) is 0 Å². The lowest BCUT2D eigenvalue weighted by Crippen LogP contribution is -2.46. The van der Waals surface area contributed by atoms with Crippen LogP contribution in [-0.4, -0.2) is 69.3 Å². The maximum absolute atomic E-state index is 11.6. The number of esters is 1. The van der Waals surface area contributed by atoms with Crippen molar-refractivity contribution < 1.29 is 23.9 Å². The number of carbonyl (C=O) groups excluding carboxylic acids is 3. The first-order valence-electron chi connectivity index (χ1n) is 6.48. The third kappa shape index (κ3) is 9.29. The summed E-state index contributed by atoms with van der Waals surface area (Å²) in [5.41, 5.74) is 0. The predicted molar refractivity (Wildman–Crippen MR) is 72.2 cm³/mol. The lowest BCUT2D eigenvalue weighted by molar-refractivity contribution is -0.144. The van der Waals surface area contributed by atoms with Crippen LogP contribution in [0.4, 0.5) is 4.79 Å². The topological polar surface area (TPSA) is 97.0 Å². The Kier molecular flexibility index (Phi) is 10.2. The van der Waals surface area contributed by atoms with Gasteiger partial charge in [-0.05, 0) is 13.5 Å². The molecule has 0 aromatic rings. The Bertz CT molecular complexity index is 322. The number of methoxy groups -OCH3 is 1. The van der Waals surface area contributed by atoms with Crippen LogP contribution in [0.1, 0.15) is 13.8 Å². The Hall–Kier alpha value is -1.67. The Morgan fingerprint density at radius 2 is 1.85 bits per heavy atom. The monoisotopic (exact) mass is 289 g/mol. The lowest BCUT2D eigenvalue weighted by Gasteiger charge is -2.18. The van der Waals surface area contributed by atoms with Gasteiger partial charge in [0.1, 0.15) is 0 Å². The maximum atomic E-state index is 11.6. The van der Waals surface area contributed by atoms with Gasteiger partial charge in [-0.3, -0.25) is 19.8 Å². The van der Waals surface area contributed by atoms with Crippen molar-refractivity contribution in [1.29, 1.82) is 0 Å². The number of hydrogen-bond acceptors (Lipinski definition) is 6. The van der Waals surface area contributed by atoms with Crippen LogP contribution < -0.4 is 10.6 Å². The molecular weight excluding hydrogens is 266 g/mol. The first kappa shape index (κ1) is 18.3. The van der Waals surface area contributed by atoms with Crippen LogP contribution >= 0.6 is 0 Å². The van der Waals surface area contributed by atoms with Gasteiger partial charge in [-0.2, -0.15) is 0 Å². The van der Waals surface area contributed by atoms with E-state index in [0.717, 1.165) is 0 Å². The third-order valence-electron chi connectivity index (χ3n) is 2.32. The quantitative estimate of drug-likeness (QED) is 0.432. The predicted octanol–water partition coefficient (Wildman–Crippen LogP) is -0.656. The molecule has 116 valence electrons. The molecule has 0 aliphatic rings. The average molecular weight is 289 g/mol. The molecule has 0 radical (unpaired) electrons. The van der Waals surface area contributed by atoms with E-state index in [9.17, 15) is 14.4 Å². The number of likely N-dealkylation sites (N-methyl/N-ethyl adjacent to an activating group) is 1. The molecule has 0 aliphatic carbocycles. The Balaban J connectivity index is 4.02. The third-order valence-corrected chi connectivity index (χ3v) is 2.32. The number of ether oxygens (including phenoxy) is 2.